The first-order chi connectivity index (χ1) is 7.02. The molecule has 0 aliphatic carbocycles. The van der Waals surface area contributed by atoms with Crippen molar-refractivity contribution in [1.82, 2.24) is 8.96 Å². The van der Waals surface area contributed by atoms with Gasteiger partial charge in [-0.25, -0.2) is 17.4 Å². The Morgan fingerprint density at radius 3 is 2.73 bits per heavy atom. The van der Waals surface area contributed by atoms with Crippen LogP contribution in [0.25, 0.3) is 11.0 Å². The molecule has 0 unspecified atom stereocenters. The van der Waals surface area contributed by atoms with Crippen LogP contribution in [0, 0.1) is 0 Å². The molecule has 15 heavy (non-hydrogen) atoms. The number of nitrogens with zero attached hydrogens (tertiary/aromatic N) is 2. The van der Waals surface area contributed by atoms with Gasteiger partial charge in [0.2, 0.25) is 10.0 Å². The van der Waals surface area contributed by atoms with Crippen LogP contribution in [-0.2, 0) is 10.0 Å². The SMILES string of the molecule is COc1ccc2c(c1)ncn2S(C)(=O)=O. The lowest BCUT2D eigenvalue weighted by atomic mass is 10.3. The Morgan fingerprint density at radius 1 is 1.40 bits per heavy atom. The molecular weight excluding hydrogens is 216 g/mol. The highest BCUT2D eigenvalue weighted by Gasteiger charge is 2.10. The van der Waals surface area contributed by atoms with E-state index < -0.39 is 10.0 Å². The van der Waals surface area contributed by atoms with Gasteiger partial charge in [-0.3, -0.25) is 0 Å². The molecule has 0 atom stereocenters. The third-order valence-corrected chi connectivity index (χ3v) is 3.08. The highest BCUT2D eigenvalue weighted by atomic mass is 32.2. The van der Waals surface area contributed by atoms with Crippen molar-refractivity contribution < 1.29 is 13.2 Å². The van der Waals surface area contributed by atoms with E-state index in [1.807, 2.05) is 0 Å². The number of methoxy groups -OCH3 is 1. The molecule has 2 rings (SSSR count). The second-order valence-electron chi connectivity index (χ2n) is 3.16. The van der Waals surface area contributed by atoms with Crippen molar-refractivity contribution in [2.24, 2.45) is 0 Å². The zero-order chi connectivity index (χ0) is 11.1. The van der Waals surface area contributed by atoms with E-state index in [9.17, 15) is 8.42 Å². The summed E-state index contributed by atoms with van der Waals surface area (Å²) < 4.78 is 28.9. The van der Waals surface area contributed by atoms with Crippen molar-refractivity contribution in [3.05, 3.63) is 24.5 Å². The number of fused-ring (bicyclic) bond motifs is 1. The van der Waals surface area contributed by atoms with Crippen molar-refractivity contribution in [3.8, 4) is 5.75 Å². The van der Waals surface area contributed by atoms with Gasteiger partial charge < -0.3 is 4.74 Å². The van der Waals surface area contributed by atoms with Gasteiger partial charge in [-0.2, -0.15) is 0 Å². The van der Waals surface area contributed by atoms with E-state index in [2.05, 4.69) is 4.98 Å². The van der Waals surface area contributed by atoms with Gasteiger partial charge in [0.05, 0.1) is 24.4 Å². The molecule has 1 heterocycles. The zero-order valence-corrected chi connectivity index (χ0v) is 9.15. The smallest absolute Gasteiger partial charge is 0.237 e. The summed E-state index contributed by atoms with van der Waals surface area (Å²) >= 11 is 0. The number of imidazole rings is 1. The summed E-state index contributed by atoms with van der Waals surface area (Å²) in [6.45, 7) is 0. The molecule has 0 fully saturated rings. The highest BCUT2D eigenvalue weighted by Crippen LogP contribution is 2.20. The van der Waals surface area contributed by atoms with Gasteiger partial charge >= 0.3 is 0 Å². The Kier molecular flexibility index (Phi) is 2.15. The van der Waals surface area contributed by atoms with Crippen LogP contribution in [0.2, 0.25) is 0 Å². The maximum atomic E-state index is 11.4. The van der Waals surface area contributed by atoms with Crippen molar-refractivity contribution in [2.75, 3.05) is 13.4 Å². The summed E-state index contributed by atoms with van der Waals surface area (Å²) in [5.74, 6) is 0.654. The second-order valence-corrected chi connectivity index (χ2v) is 5.02. The van der Waals surface area contributed by atoms with Crippen LogP contribution in [0.4, 0.5) is 0 Å². The van der Waals surface area contributed by atoms with E-state index in [4.69, 9.17) is 4.74 Å². The average molecular weight is 226 g/mol. The Labute approximate surface area is 87.4 Å². The normalized spacial score (nSPS) is 11.9. The lowest BCUT2D eigenvalue weighted by Crippen LogP contribution is -2.08. The second kappa shape index (κ2) is 3.23. The van der Waals surface area contributed by atoms with E-state index >= 15 is 0 Å². The van der Waals surface area contributed by atoms with E-state index in [1.54, 1.807) is 25.3 Å². The number of hydrogen-bond acceptors (Lipinski definition) is 4. The molecule has 0 spiro atoms. The lowest BCUT2D eigenvalue weighted by molar-refractivity contribution is 0.415. The third kappa shape index (κ3) is 1.68. The highest BCUT2D eigenvalue weighted by molar-refractivity contribution is 7.89. The monoisotopic (exact) mass is 226 g/mol. The Bertz CT molecular complexity index is 601. The van der Waals surface area contributed by atoms with Crippen LogP contribution in [-0.4, -0.2) is 30.7 Å². The summed E-state index contributed by atoms with van der Waals surface area (Å²) in [5.41, 5.74) is 1.15. The molecule has 2 aromatic rings. The molecule has 0 saturated heterocycles. The van der Waals surface area contributed by atoms with E-state index in [0.717, 1.165) is 10.2 Å². The maximum Gasteiger partial charge on any atom is 0.237 e. The van der Waals surface area contributed by atoms with Gasteiger partial charge in [-0.15, -0.1) is 0 Å². The van der Waals surface area contributed by atoms with Crippen LogP contribution in [0.1, 0.15) is 0 Å². The summed E-state index contributed by atoms with van der Waals surface area (Å²) in [6.07, 6.45) is 2.43. The van der Waals surface area contributed by atoms with Gasteiger partial charge in [0.15, 0.2) is 0 Å². The molecule has 0 bridgehead atoms. The number of rotatable bonds is 2. The molecule has 0 N–H and O–H groups in total. The maximum absolute atomic E-state index is 11.4. The van der Waals surface area contributed by atoms with Crippen molar-refractivity contribution in [2.45, 2.75) is 0 Å². The minimum absolute atomic E-state index is 0.554. The van der Waals surface area contributed by atoms with Crippen LogP contribution >= 0.6 is 0 Å². The van der Waals surface area contributed by atoms with Crippen LogP contribution in [0.5, 0.6) is 5.75 Å². The van der Waals surface area contributed by atoms with Gasteiger partial charge in [0, 0.05) is 6.07 Å². The number of aromatic nitrogens is 2. The molecule has 0 saturated carbocycles. The molecule has 0 aliphatic heterocycles. The average Bonchev–Trinajstić information content (AvgIpc) is 2.59. The summed E-state index contributed by atoms with van der Waals surface area (Å²) in [7, 11) is -1.74. The topological polar surface area (TPSA) is 61.2 Å². The fourth-order valence-electron chi connectivity index (χ4n) is 1.36. The van der Waals surface area contributed by atoms with Crippen LogP contribution in [0.3, 0.4) is 0 Å². The Morgan fingerprint density at radius 2 is 2.13 bits per heavy atom. The molecule has 5 nitrogen and oxygen atoms in total. The fraction of sp³-hybridized carbons (Fsp3) is 0.222. The van der Waals surface area contributed by atoms with E-state index in [1.165, 1.54) is 6.33 Å². The minimum atomic E-state index is -3.29. The van der Waals surface area contributed by atoms with Crippen molar-refractivity contribution in [3.63, 3.8) is 0 Å². The van der Waals surface area contributed by atoms with Gasteiger partial charge in [0.1, 0.15) is 12.1 Å². The summed E-state index contributed by atoms with van der Waals surface area (Å²) in [4.78, 5) is 4.00. The predicted octanol–water partition coefficient (Wildman–Crippen LogP) is 0.853. The molecule has 80 valence electrons. The van der Waals surface area contributed by atoms with E-state index in [0.29, 0.717) is 16.8 Å². The van der Waals surface area contributed by atoms with Crippen molar-refractivity contribution in [1.29, 1.82) is 0 Å². The first-order valence-electron chi connectivity index (χ1n) is 4.24. The molecule has 6 heteroatoms. The minimum Gasteiger partial charge on any atom is -0.497 e. The first kappa shape index (κ1) is 9.97. The largest absolute Gasteiger partial charge is 0.497 e. The number of hydrogen-bond donors (Lipinski definition) is 0. The first-order valence-corrected chi connectivity index (χ1v) is 6.09. The van der Waals surface area contributed by atoms with Crippen LogP contribution in [0.15, 0.2) is 24.5 Å². The number of benzene rings is 1. The lowest BCUT2D eigenvalue weighted by Gasteiger charge is -2.01. The molecular formula is C9H10N2O3S. The molecule has 0 radical (unpaired) electrons. The molecule has 1 aromatic carbocycles. The predicted molar refractivity (Wildman–Crippen MR) is 56.5 cm³/mol. The Balaban J connectivity index is 2.73. The summed E-state index contributed by atoms with van der Waals surface area (Å²) in [5, 5.41) is 0. The third-order valence-electron chi connectivity index (χ3n) is 2.08. The standard InChI is InChI=1S/C9H10N2O3S/c1-14-7-3-4-9-8(5-7)10-6-11(9)15(2,12)13/h3-6H,1-2H3. The molecule has 1 aromatic heterocycles. The van der Waals surface area contributed by atoms with Gasteiger partial charge in [-0.05, 0) is 12.1 Å². The van der Waals surface area contributed by atoms with Crippen molar-refractivity contribution >= 4 is 21.1 Å². The number of ether oxygens (including phenoxy) is 1. The quantitative estimate of drug-likeness (QED) is 0.761. The molecule has 0 amide bonds. The zero-order valence-electron chi connectivity index (χ0n) is 8.34. The fourth-order valence-corrected chi connectivity index (χ4v) is 2.09. The van der Waals surface area contributed by atoms with Gasteiger partial charge in [-0.1, -0.05) is 0 Å². The van der Waals surface area contributed by atoms with Gasteiger partial charge in [0.25, 0.3) is 0 Å². The summed E-state index contributed by atoms with van der Waals surface area (Å²) in [6, 6.07) is 5.06. The molecule has 0 aliphatic rings. The Hall–Kier alpha value is -1.56. The van der Waals surface area contributed by atoms with Crippen LogP contribution < -0.4 is 4.74 Å². The van der Waals surface area contributed by atoms with E-state index in [-0.39, 0.29) is 0 Å².